The summed E-state index contributed by atoms with van der Waals surface area (Å²) in [6.45, 7) is 1.85. The zero-order valence-corrected chi connectivity index (χ0v) is 12.8. The number of alkyl halides is 3. The van der Waals surface area contributed by atoms with Crippen LogP contribution in [0, 0.1) is 0 Å². The molecule has 1 aromatic heterocycles. The Hall–Kier alpha value is -2.84. The van der Waals surface area contributed by atoms with Gasteiger partial charge in [-0.3, -0.25) is 9.48 Å². The lowest BCUT2D eigenvalue weighted by molar-refractivity contribution is -0.143. The molecule has 128 valence electrons. The maximum absolute atomic E-state index is 12.7. The Bertz CT molecular complexity index is 769. The third-order valence-electron chi connectivity index (χ3n) is 3.03. The van der Waals surface area contributed by atoms with Crippen LogP contribution in [0.2, 0.25) is 0 Å². The van der Waals surface area contributed by atoms with Crippen molar-refractivity contribution < 1.29 is 27.5 Å². The van der Waals surface area contributed by atoms with Gasteiger partial charge in [0.1, 0.15) is 5.69 Å². The van der Waals surface area contributed by atoms with Crippen LogP contribution in [0.3, 0.4) is 0 Å². The van der Waals surface area contributed by atoms with Crippen molar-refractivity contribution >= 4 is 17.6 Å². The van der Waals surface area contributed by atoms with Crippen molar-refractivity contribution in [1.29, 1.82) is 0 Å². The first-order chi connectivity index (χ1) is 11.2. The molecular formula is C15H14F3N3O3. The fourth-order valence-corrected chi connectivity index (χ4v) is 1.98. The van der Waals surface area contributed by atoms with Crippen molar-refractivity contribution in [1.82, 2.24) is 9.78 Å². The largest absolute Gasteiger partial charge is 0.462 e. The Labute approximate surface area is 135 Å². The van der Waals surface area contributed by atoms with E-state index in [0.29, 0.717) is 10.7 Å². The zero-order valence-electron chi connectivity index (χ0n) is 12.8. The molecule has 24 heavy (non-hydrogen) atoms. The van der Waals surface area contributed by atoms with Gasteiger partial charge in [-0.15, -0.1) is 0 Å². The average Bonchev–Trinajstić information content (AvgIpc) is 2.90. The van der Waals surface area contributed by atoms with Crippen LogP contribution in [0.15, 0.2) is 30.3 Å². The summed E-state index contributed by atoms with van der Waals surface area (Å²) in [7, 11) is 1.10. The molecule has 9 heteroatoms. The molecule has 6 nitrogen and oxygen atoms in total. The zero-order chi connectivity index (χ0) is 17.9. The minimum atomic E-state index is -4.61. The second-order valence-electron chi connectivity index (χ2n) is 4.79. The fraction of sp³-hybridized carbons (Fsp3) is 0.267. The molecule has 1 N–H and O–H groups in total. The maximum atomic E-state index is 12.7. The van der Waals surface area contributed by atoms with Crippen LogP contribution in [0.4, 0.5) is 18.9 Å². The lowest BCUT2D eigenvalue weighted by Crippen LogP contribution is -2.14. The number of carbonyl (C=O) groups is 2. The van der Waals surface area contributed by atoms with Gasteiger partial charge < -0.3 is 10.1 Å². The summed E-state index contributed by atoms with van der Waals surface area (Å²) in [4.78, 5) is 23.7. The Kier molecular flexibility index (Phi) is 4.91. The van der Waals surface area contributed by atoms with E-state index in [9.17, 15) is 22.8 Å². The van der Waals surface area contributed by atoms with Crippen LogP contribution in [0.1, 0.15) is 33.5 Å². The van der Waals surface area contributed by atoms with E-state index >= 15 is 0 Å². The van der Waals surface area contributed by atoms with Gasteiger partial charge >= 0.3 is 12.1 Å². The van der Waals surface area contributed by atoms with Gasteiger partial charge in [-0.25, -0.2) is 4.79 Å². The van der Waals surface area contributed by atoms with Crippen LogP contribution in [-0.4, -0.2) is 28.3 Å². The standard InChI is InChI=1S/C15H14F3N3O3/c1-3-24-14(23)9-5-4-6-10(7-9)19-13(22)11-8-12(15(16,17)18)21(2)20-11/h4-8H,3H2,1-2H3,(H,19,22). The van der Waals surface area contributed by atoms with Crippen molar-refractivity contribution in [3.8, 4) is 0 Å². The number of anilines is 1. The molecule has 0 radical (unpaired) electrons. The van der Waals surface area contributed by atoms with E-state index in [1.54, 1.807) is 6.92 Å². The molecule has 0 atom stereocenters. The summed E-state index contributed by atoms with van der Waals surface area (Å²) < 4.78 is 43.6. The first-order valence-corrected chi connectivity index (χ1v) is 6.92. The SMILES string of the molecule is CCOC(=O)c1cccc(NC(=O)c2cc(C(F)(F)F)n(C)n2)c1. The summed E-state index contributed by atoms with van der Waals surface area (Å²) in [5.74, 6) is -1.38. The summed E-state index contributed by atoms with van der Waals surface area (Å²) in [6, 6.07) is 6.53. The first-order valence-electron chi connectivity index (χ1n) is 6.92. The summed E-state index contributed by atoms with van der Waals surface area (Å²) in [5, 5.41) is 5.95. The highest BCUT2D eigenvalue weighted by Gasteiger charge is 2.35. The third-order valence-corrected chi connectivity index (χ3v) is 3.03. The molecule has 2 aromatic rings. The number of carbonyl (C=O) groups excluding carboxylic acids is 2. The molecule has 0 unspecified atom stereocenters. The lowest BCUT2D eigenvalue weighted by atomic mass is 10.2. The number of ether oxygens (including phenoxy) is 1. The number of hydrogen-bond acceptors (Lipinski definition) is 4. The van der Waals surface area contributed by atoms with Gasteiger partial charge in [-0.1, -0.05) is 6.07 Å². The Morgan fingerprint density at radius 3 is 2.58 bits per heavy atom. The van der Waals surface area contributed by atoms with Gasteiger partial charge in [0.25, 0.3) is 5.91 Å². The van der Waals surface area contributed by atoms with E-state index in [1.165, 1.54) is 24.3 Å². The van der Waals surface area contributed by atoms with Gasteiger partial charge in [0.05, 0.1) is 12.2 Å². The molecule has 0 aliphatic heterocycles. The van der Waals surface area contributed by atoms with Crippen LogP contribution < -0.4 is 5.32 Å². The molecule has 1 aromatic carbocycles. The molecule has 0 aliphatic carbocycles. The molecule has 0 bridgehead atoms. The number of hydrogen-bond donors (Lipinski definition) is 1. The predicted octanol–water partition coefficient (Wildman–Crippen LogP) is 2.87. The van der Waals surface area contributed by atoms with Crippen LogP contribution in [0.25, 0.3) is 0 Å². The highest BCUT2D eigenvalue weighted by atomic mass is 19.4. The van der Waals surface area contributed by atoms with E-state index in [4.69, 9.17) is 4.74 Å². The fourth-order valence-electron chi connectivity index (χ4n) is 1.98. The van der Waals surface area contributed by atoms with Crippen molar-refractivity contribution in [2.45, 2.75) is 13.1 Å². The number of nitrogens with one attached hydrogen (secondary N) is 1. The minimum Gasteiger partial charge on any atom is -0.462 e. The topological polar surface area (TPSA) is 73.2 Å². The highest BCUT2D eigenvalue weighted by molar-refractivity contribution is 6.03. The number of rotatable bonds is 4. The molecule has 0 saturated carbocycles. The quantitative estimate of drug-likeness (QED) is 0.868. The van der Waals surface area contributed by atoms with E-state index in [0.717, 1.165) is 7.05 Å². The van der Waals surface area contributed by atoms with Crippen molar-refractivity contribution in [3.63, 3.8) is 0 Å². The molecule has 1 amide bonds. The van der Waals surface area contributed by atoms with Crippen LogP contribution in [0.5, 0.6) is 0 Å². The number of esters is 1. The van der Waals surface area contributed by atoms with Gasteiger partial charge in [0.15, 0.2) is 5.69 Å². The van der Waals surface area contributed by atoms with Crippen LogP contribution in [-0.2, 0) is 18.0 Å². The summed E-state index contributed by atoms with van der Waals surface area (Å²) >= 11 is 0. The van der Waals surface area contributed by atoms with E-state index < -0.39 is 23.7 Å². The second-order valence-corrected chi connectivity index (χ2v) is 4.79. The van der Waals surface area contributed by atoms with Crippen molar-refractivity contribution in [3.05, 3.63) is 47.3 Å². The average molecular weight is 341 g/mol. The number of nitrogens with zero attached hydrogens (tertiary/aromatic N) is 2. The van der Waals surface area contributed by atoms with E-state index in [1.807, 2.05) is 0 Å². The van der Waals surface area contributed by atoms with E-state index in [2.05, 4.69) is 10.4 Å². The summed E-state index contributed by atoms with van der Waals surface area (Å²) in [6.07, 6.45) is -4.61. The van der Waals surface area contributed by atoms with E-state index in [-0.39, 0.29) is 23.6 Å². The van der Waals surface area contributed by atoms with Gasteiger partial charge in [0.2, 0.25) is 0 Å². The molecule has 0 aliphatic rings. The number of aryl methyl sites for hydroxylation is 1. The van der Waals surface area contributed by atoms with Gasteiger partial charge in [-0.2, -0.15) is 18.3 Å². The number of benzene rings is 1. The Balaban J connectivity index is 2.18. The highest BCUT2D eigenvalue weighted by Crippen LogP contribution is 2.29. The molecule has 0 fully saturated rings. The molecule has 2 rings (SSSR count). The van der Waals surface area contributed by atoms with Gasteiger partial charge in [-0.05, 0) is 25.1 Å². The second kappa shape index (κ2) is 6.73. The molecular weight excluding hydrogens is 327 g/mol. The number of aromatic nitrogens is 2. The lowest BCUT2D eigenvalue weighted by Gasteiger charge is -2.06. The van der Waals surface area contributed by atoms with Crippen molar-refractivity contribution in [2.24, 2.45) is 7.05 Å². The summed E-state index contributed by atoms with van der Waals surface area (Å²) in [5.41, 5.74) is -0.962. The monoisotopic (exact) mass is 341 g/mol. The Morgan fingerprint density at radius 1 is 1.29 bits per heavy atom. The Morgan fingerprint density at radius 2 is 2.00 bits per heavy atom. The molecule has 0 saturated heterocycles. The van der Waals surface area contributed by atoms with Gasteiger partial charge in [0, 0.05) is 18.8 Å². The maximum Gasteiger partial charge on any atom is 0.433 e. The first kappa shape index (κ1) is 17.5. The minimum absolute atomic E-state index is 0.198. The van der Waals surface area contributed by atoms with Crippen molar-refractivity contribution in [2.75, 3.05) is 11.9 Å². The third kappa shape index (κ3) is 3.92. The van der Waals surface area contributed by atoms with Crippen LogP contribution >= 0.6 is 0 Å². The number of halogens is 3. The smallest absolute Gasteiger partial charge is 0.433 e. The molecule has 0 spiro atoms. The number of amides is 1. The normalized spacial score (nSPS) is 11.2. The predicted molar refractivity (Wildman–Crippen MR) is 78.6 cm³/mol. The molecule has 1 heterocycles.